The molecular formula is C23H27NO3. The predicted octanol–water partition coefficient (Wildman–Crippen LogP) is 3.21. The molecule has 0 aromatic heterocycles. The number of fused-ring (bicyclic) bond motifs is 1. The summed E-state index contributed by atoms with van der Waals surface area (Å²) in [7, 11) is 0. The molecule has 2 aromatic rings. The molecule has 1 heterocycles. The van der Waals surface area contributed by atoms with Crippen molar-refractivity contribution in [1.82, 2.24) is 4.90 Å². The van der Waals surface area contributed by atoms with Crippen LogP contribution >= 0.6 is 0 Å². The smallest absolute Gasteiger partial charge is 0.223 e. The number of aliphatic hydroxyl groups excluding tert-OH is 1. The van der Waals surface area contributed by atoms with Crippen LogP contribution in [0.25, 0.3) is 0 Å². The van der Waals surface area contributed by atoms with E-state index in [9.17, 15) is 9.90 Å². The summed E-state index contributed by atoms with van der Waals surface area (Å²) in [6.45, 7) is 1.41. The molecule has 3 atom stereocenters. The lowest BCUT2D eigenvalue weighted by atomic mass is 9.88. The zero-order chi connectivity index (χ0) is 18.6. The molecule has 1 N–H and O–H groups in total. The van der Waals surface area contributed by atoms with E-state index in [1.807, 2.05) is 41.3 Å². The largest absolute Gasteiger partial charge is 0.396 e. The third kappa shape index (κ3) is 3.92. The van der Waals surface area contributed by atoms with Crippen molar-refractivity contribution in [3.63, 3.8) is 0 Å². The van der Waals surface area contributed by atoms with Crippen molar-refractivity contribution in [2.45, 2.75) is 37.3 Å². The Bertz CT molecular complexity index is 709. The van der Waals surface area contributed by atoms with E-state index in [-0.39, 0.29) is 36.5 Å². The Morgan fingerprint density at radius 1 is 1.04 bits per heavy atom. The van der Waals surface area contributed by atoms with Crippen molar-refractivity contribution in [3.05, 3.63) is 71.8 Å². The molecule has 27 heavy (non-hydrogen) atoms. The summed E-state index contributed by atoms with van der Waals surface area (Å²) < 4.78 is 5.88. The first kappa shape index (κ1) is 18.2. The Morgan fingerprint density at radius 3 is 2.26 bits per heavy atom. The van der Waals surface area contributed by atoms with Crippen molar-refractivity contribution in [3.8, 4) is 0 Å². The van der Waals surface area contributed by atoms with Gasteiger partial charge in [0.25, 0.3) is 0 Å². The molecule has 1 amide bonds. The number of hydrogen-bond donors (Lipinski definition) is 1. The van der Waals surface area contributed by atoms with Gasteiger partial charge < -0.3 is 14.7 Å². The Kier molecular flexibility index (Phi) is 5.55. The first-order valence-corrected chi connectivity index (χ1v) is 9.88. The number of aliphatic hydroxyl groups is 1. The maximum absolute atomic E-state index is 13.3. The van der Waals surface area contributed by atoms with Gasteiger partial charge in [0.15, 0.2) is 0 Å². The third-order valence-corrected chi connectivity index (χ3v) is 6.00. The molecule has 1 saturated heterocycles. The summed E-state index contributed by atoms with van der Waals surface area (Å²) in [5, 5.41) is 9.52. The monoisotopic (exact) mass is 365 g/mol. The first-order chi connectivity index (χ1) is 13.3. The average molecular weight is 365 g/mol. The van der Waals surface area contributed by atoms with Crippen LogP contribution in [0.2, 0.25) is 0 Å². The van der Waals surface area contributed by atoms with E-state index in [1.165, 1.54) is 11.1 Å². The molecule has 1 aliphatic carbocycles. The van der Waals surface area contributed by atoms with Gasteiger partial charge in [-0.3, -0.25) is 4.79 Å². The summed E-state index contributed by atoms with van der Waals surface area (Å²) in [5.74, 6) is 0.480. The number of morpholine rings is 1. The Morgan fingerprint density at radius 2 is 1.67 bits per heavy atom. The Labute approximate surface area is 160 Å². The Balaban J connectivity index is 1.55. The Hall–Kier alpha value is -2.17. The number of nitrogens with zero attached hydrogens (tertiary/aromatic N) is 1. The SMILES string of the molecule is O=C(CC(c1ccccc1)c1ccccc1)N1CCO[C@H]2C[C@H](CO)C[C@@H]21. The molecule has 0 spiro atoms. The number of hydrogen-bond acceptors (Lipinski definition) is 3. The van der Waals surface area contributed by atoms with Crippen molar-refractivity contribution in [2.24, 2.45) is 5.92 Å². The molecular weight excluding hydrogens is 338 g/mol. The van der Waals surface area contributed by atoms with E-state index < -0.39 is 0 Å². The molecule has 4 heteroatoms. The van der Waals surface area contributed by atoms with E-state index in [2.05, 4.69) is 24.3 Å². The van der Waals surface area contributed by atoms with Gasteiger partial charge in [-0.1, -0.05) is 60.7 Å². The van der Waals surface area contributed by atoms with Crippen LogP contribution in [0, 0.1) is 5.92 Å². The molecule has 1 saturated carbocycles. The number of rotatable bonds is 5. The van der Waals surface area contributed by atoms with Crippen LogP contribution in [-0.4, -0.2) is 47.8 Å². The summed E-state index contributed by atoms with van der Waals surface area (Å²) in [5.41, 5.74) is 2.34. The van der Waals surface area contributed by atoms with Crippen LogP contribution in [0.15, 0.2) is 60.7 Å². The fourth-order valence-electron chi connectivity index (χ4n) is 4.60. The predicted molar refractivity (Wildman–Crippen MR) is 104 cm³/mol. The number of carbonyl (C=O) groups excluding carboxylic acids is 1. The molecule has 0 radical (unpaired) electrons. The fourth-order valence-corrected chi connectivity index (χ4v) is 4.60. The van der Waals surface area contributed by atoms with E-state index in [1.54, 1.807) is 0 Å². The highest BCUT2D eigenvalue weighted by Gasteiger charge is 2.42. The van der Waals surface area contributed by atoms with Gasteiger partial charge in [-0.2, -0.15) is 0 Å². The number of carbonyl (C=O) groups is 1. The average Bonchev–Trinajstić information content (AvgIpc) is 3.16. The van der Waals surface area contributed by atoms with Gasteiger partial charge in [0, 0.05) is 25.5 Å². The first-order valence-electron chi connectivity index (χ1n) is 9.88. The van der Waals surface area contributed by atoms with Crippen molar-refractivity contribution in [2.75, 3.05) is 19.8 Å². The lowest BCUT2D eigenvalue weighted by Crippen LogP contribution is -2.51. The van der Waals surface area contributed by atoms with E-state index in [0.29, 0.717) is 19.6 Å². The van der Waals surface area contributed by atoms with E-state index in [0.717, 1.165) is 12.8 Å². The van der Waals surface area contributed by atoms with E-state index in [4.69, 9.17) is 4.74 Å². The van der Waals surface area contributed by atoms with Gasteiger partial charge in [-0.15, -0.1) is 0 Å². The number of benzene rings is 2. The maximum atomic E-state index is 13.3. The number of ether oxygens (including phenoxy) is 1. The second kappa shape index (κ2) is 8.24. The number of amides is 1. The van der Waals surface area contributed by atoms with Gasteiger partial charge in [-0.25, -0.2) is 0 Å². The lowest BCUT2D eigenvalue weighted by Gasteiger charge is -2.38. The van der Waals surface area contributed by atoms with Crippen LogP contribution < -0.4 is 0 Å². The summed E-state index contributed by atoms with van der Waals surface area (Å²) in [6, 6.07) is 20.7. The quantitative estimate of drug-likeness (QED) is 0.885. The molecule has 4 nitrogen and oxygen atoms in total. The highest BCUT2D eigenvalue weighted by Crippen LogP contribution is 2.36. The van der Waals surface area contributed by atoms with Crippen LogP contribution in [0.4, 0.5) is 0 Å². The lowest BCUT2D eigenvalue weighted by molar-refractivity contribution is -0.144. The third-order valence-electron chi connectivity index (χ3n) is 6.00. The van der Waals surface area contributed by atoms with Crippen molar-refractivity contribution in [1.29, 1.82) is 0 Å². The highest BCUT2D eigenvalue weighted by molar-refractivity contribution is 5.78. The molecule has 0 bridgehead atoms. The van der Waals surface area contributed by atoms with Gasteiger partial charge in [0.2, 0.25) is 5.91 Å². The van der Waals surface area contributed by atoms with Gasteiger partial charge in [-0.05, 0) is 29.9 Å². The van der Waals surface area contributed by atoms with Crippen LogP contribution in [0.5, 0.6) is 0 Å². The van der Waals surface area contributed by atoms with Gasteiger partial charge >= 0.3 is 0 Å². The minimum Gasteiger partial charge on any atom is -0.396 e. The minimum atomic E-state index is 0.0521. The minimum absolute atomic E-state index is 0.0521. The highest BCUT2D eigenvalue weighted by atomic mass is 16.5. The summed E-state index contributed by atoms with van der Waals surface area (Å²) in [4.78, 5) is 15.3. The second-order valence-electron chi connectivity index (χ2n) is 7.66. The summed E-state index contributed by atoms with van der Waals surface area (Å²) in [6.07, 6.45) is 2.23. The van der Waals surface area contributed by atoms with Crippen molar-refractivity contribution >= 4 is 5.91 Å². The van der Waals surface area contributed by atoms with Crippen molar-refractivity contribution < 1.29 is 14.6 Å². The zero-order valence-corrected chi connectivity index (χ0v) is 15.5. The molecule has 0 unspecified atom stereocenters. The van der Waals surface area contributed by atoms with Gasteiger partial charge in [0.1, 0.15) is 0 Å². The molecule has 4 rings (SSSR count). The normalized spacial score (nSPS) is 24.8. The molecule has 2 fully saturated rings. The molecule has 1 aliphatic heterocycles. The standard InChI is InChI=1S/C23H27NO3/c25-16-17-13-21-22(14-17)27-12-11-24(21)23(26)15-20(18-7-3-1-4-8-18)19-9-5-2-6-10-19/h1-10,17,20-22,25H,11-16H2/t17-,21+,22+/m1/s1. The zero-order valence-electron chi connectivity index (χ0n) is 15.5. The maximum Gasteiger partial charge on any atom is 0.223 e. The van der Waals surface area contributed by atoms with Crippen LogP contribution in [0.3, 0.4) is 0 Å². The molecule has 142 valence electrons. The molecule has 2 aromatic carbocycles. The summed E-state index contributed by atoms with van der Waals surface area (Å²) >= 11 is 0. The van der Waals surface area contributed by atoms with Crippen LogP contribution in [0.1, 0.15) is 36.3 Å². The topological polar surface area (TPSA) is 49.8 Å². The second-order valence-corrected chi connectivity index (χ2v) is 7.66. The van der Waals surface area contributed by atoms with Crippen LogP contribution in [-0.2, 0) is 9.53 Å². The van der Waals surface area contributed by atoms with E-state index >= 15 is 0 Å². The fraction of sp³-hybridized carbons (Fsp3) is 0.435. The van der Waals surface area contributed by atoms with Gasteiger partial charge in [0.05, 0.1) is 18.8 Å². The molecule has 2 aliphatic rings.